The fraction of sp³-hybridized carbons (Fsp3) is 0.222. The molecule has 1 aliphatic rings. The topological polar surface area (TPSA) is 56.8 Å². The van der Waals surface area contributed by atoms with E-state index in [1.807, 2.05) is 48.5 Å². The van der Waals surface area contributed by atoms with Crippen LogP contribution in [0.1, 0.15) is 34.5 Å². The number of amides is 1. The highest BCUT2D eigenvalue weighted by atomic mass is 16.7. The average Bonchev–Trinajstić information content (AvgIpc) is 3.16. The molecule has 3 aromatic carbocycles. The smallest absolute Gasteiger partial charge is 0.407 e. The Balaban J connectivity index is 1.35. The van der Waals surface area contributed by atoms with Gasteiger partial charge in [-0.15, -0.1) is 0 Å². The molecule has 4 rings (SSSR count). The number of carbonyl (C=O) groups is 1. The van der Waals surface area contributed by atoms with Gasteiger partial charge in [0.1, 0.15) is 6.61 Å². The Bertz CT molecular complexity index is 1110. The molecule has 3 aromatic rings. The van der Waals surface area contributed by atoms with Crippen LogP contribution in [0.3, 0.4) is 0 Å². The summed E-state index contributed by atoms with van der Waals surface area (Å²) >= 11 is 0. The van der Waals surface area contributed by atoms with E-state index < -0.39 is 12.4 Å². The number of ether oxygens (including phenoxy) is 3. The molecular weight excluding hydrogens is 402 g/mol. The van der Waals surface area contributed by atoms with E-state index >= 15 is 0 Å². The standard InChI is InChI=1S/C27H25NO4/c1-30-26(31-2)20-12-4-3-10-19(20)11-9-17-28-27(29)32-18-25-23-15-7-5-13-21(23)22-14-6-8-16-24(22)25/h3-8,10,12-16,25-26H,17-18H2,1-2H3,(H,28,29). The molecule has 1 aliphatic carbocycles. The molecule has 0 atom stereocenters. The van der Waals surface area contributed by atoms with E-state index in [4.69, 9.17) is 14.2 Å². The van der Waals surface area contributed by atoms with Crippen LogP contribution in [0.25, 0.3) is 11.1 Å². The van der Waals surface area contributed by atoms with E-state index in [1.165, 1.54) is 22.3 Å². The number of nitrogens with one attached hydrogen (secondary N) is 1. The number of methoxy groups -OCH3 is 2. The summed E-state index contributed by atoms with van der Waals surface area (Å²) in [6.07, 6.45) is -0.975. The largest absolute Gasteiger partial charge is 0.449 e. The van der Waals surface area contributed by atoms with E-state index in [9.17, 15) is 4.79 Å². The Labute approximate surface area is 188 Å². The molecule has 0 spiro atoms. The van der Waals surface area contributed by atoms with Crippen molar-refractivity contribution < 1.29 is 19.0 Å². The fourth-order valence-corrected chi connectivity index (χ4v) is 4.07. The minimum Gasteiger partial charge on any atom is -0.449 e. The molecule has 5 heteroatoms. The van der Waals surface area contributed by atoms with Gasteiger partial charge in [0.05, 0.1) is 6.54 Å². The van der Waals surface area contributed by atoms with E-state index in [0.29, 0.717) is 0 Å². The minimum absolute atomic E-state index is 0.0335. The number of benzene rings is 3. The molecule has 1 N–H and O–H groups in total. The van der Waals surface area contributed by atoms with Crippen molar-refractivity contribution in [1.82, 2.24) is 5.32 Å². The summed E-state index contributed by atoms with van der Waals surface area (Å²) in [5, 5.41) is 2.70. The second-order valence-electron chi connectivity index (χ2n) is 7.37. The fourth-order valence-electron chi connectivity index (χ4n) is 4.07. The molecule has 0 aromatic heterocycles. The first-order valence-corrected chi connectivity index (χ1v) is 10.4. The lowest BCUT2D eigenvalue weighted by atomic mass is 9.98. The van der Waals surface area contributed by atoms with Gasteiger partial charge in [-0.25, -0.2) is 4.79 Å². The summed E-state index contributed by atoms with van der Waals surface area (Å²) in [5.74, 6) is 6.06. The van der Waals surface area contributed by atoms with Gasteiger partial charge in [-0.05, 0) is 28.3 Å². The van der Waals surface area contributed by atoms with Crippen LogP contribution in [0.15, 0.2) is 72.8 Å². The van der Waals surface area contributed by atoms with Crippen molar-refractivity contribution in [2.24, 2.45) is 0 Å². The van der Waals surface area contributed by atoms with Gasteiger partial charge in [0.15, 0.2) is 6.29 Å². The third-order valence-electron chi connectivity index (χ3n) is 5.53. The van der Waals surface area contributed by atoms with Crippen LogP contribution in [0.2, 0.25) is 0 Å². The first-order valence-electron chi connectivity index (χ1n) is 10.4. The summed E-state index contributed by atoms with van der Waals surface area (Å²) in [7, 11) is 3.16. The molecule has 0 fully saturated rings. The zero-order valence-electron chi connectivity index (χ0n) is 18.1. The molecule has 0 unspecified atom stereocenters. The second kappa shape index (κ2) is 10.1. The first-order chi connectivity index (χ1) is 15.7. The zero-order chi connectivity index (χ0) is 22.3. The third kappa shape index (κ3) is 4.52. The predicted molar refractivity (Wildman–Crippen MR) is 123 cm³/mol. The van der Waals surface area contributed by atoms with Gasteiger partial charge in [-0.2, -0.15) is 0 Å². The van der Waals surface area contributed by atoms with Crippen molar-refractivity contribution in [1.29, 1.82) is 0 Å². The second-order valence-corrected chi connectivity index (χ2v) is 7.37. The molecule has 1 amide bonds. The minimum atomic E-state index is -0.490. The molecule has 162 valence electrons. The van der Waals surface area contributed by atoms with Gasteiger partial charge >= 0.3 is 6.09 Å². The molecule has 5 nitrogen and oxygen atoms in total. The van der Waals surface area contributed by atoms with Gasteiger partial charge in [0.2, 0.25) is 0 Å². The lowest BCUT2D eigenvalue weighted by molar-refractivity contribution is -0.106. The van der Waals surface area contributed by atoms with Crippen LogP contribution in [-0.4, -0.2) is 33.5 Å². The Morgan fingerprint density at radius 1 is 0.906 bits per heavy atom. The maximum absolute atomic E-state index is 12.3. The molecule has 0 heterocycles. The van der Waals surface area contributed by atoms with E-state index in [1.54, 1.807) is 14.2 Å². The lowest BCUT2D eigenvalue weighted by Crippen LogP contribution is -2.26. The Morgan fingerprint density at radius 2 is 1.50 bits per heavy atom. The van der Waals surface area contributed by atoms with E-state index in [-0.39, 0.29) is 19.1 Å². The number of alkyl carbamates (subject to hydrolysis) is 1. The van der Waals surface area contributed by atoms with Crippen molar-refractivity contribution in [3.63, 3.8) is 0 Å². The third-order valence-corrected chi connectivity index (χ3v) is 5.53. The number of fused-ring (bicyclic) bond motifs is 3. The van der Waals surface area contributed by atoms with Gasteiger partial charge in [0, 0.05) is 31.3 Å². The van der Waals surface area contributed by atoms with Gasteiger partial charge in [0.25, 0.3) is 0 Å². The van der Waals surface area contributed by atoms with Crippen molar-refractivity contribution in [3.05, 3.63) is 95.1 Å². The van der Waals surface area contributed by atoms with Crippen molar-refractivity contribution in [2.75, 3.05) is 27.4 Å². The van der Waals surface area contributed by atoms with Crippen molar-refractivity contribution in [2.45, 2.75) is 12.2 Å². The number of carbonyl (C=O) groups excluding carboxylic acids is 1. The zero-order valence-corrected chi connectivity index (χ0v) is 18.1. The van der Waals surface area contributed by atoms with Crippen LogP contribution in [-0.2, 0) is 14.2 Å². The summed E-state index contributed by atoms with van der Waals surface area (Å²) in [6.45, 7) is 0.453. The van der Waals surface area contributed by atoms with Crippen LogP contribution in [0.4, 0.5) is 4.79 Å². The monoisotopic (exact) mass is 427 g/mol. The Hall–Kier alpha value is -3.59. The van der Waals surface area contributed by atoms with Crippen molar-refractivity contribution in [3.8, 4) is 23.0 Å². The quantitative estimate of drug-likeness (QED) is 0.451. The molecule has 32 heavy (non-hydrogen) atoms. The molecule has 0 aliphatic heterocycles. The normalized spacial score (nSPS) is 12.0. The van der Waals surface area contributed by atoms with Crippen LogP contribution < -0.4 is 5.32 Å². The number of hydrogen-bond acceptors (Lipinski definition) is 4. The average molecular weight is 428 g/mol. The number of rotatable bonds is 6. The Kier molecular flexibility index (Phi) is 6.86. The van der Waals surface area contributed by atoms with E-state index in [0.717, 1.165) is 11.1 Å². The highest BCUT2D eigenvalue weighted by Crippen LogP contribution is 2.44. The molecule has 0 bridgehead atoms. The highest BCUT2D eigenvalue weighted by Gasteiger charge is 2.28. The van der Waals surface area contributed by atoms with Gasteiger partial charge in [-0.3, -0.25) is 0 Å². The summed E-state index contributed by atoms with van der Waals surface area (Å²) in [4.78, 5) is 12.3. The van der Waals surface area contributed by atoms with Crippen LogP contribution >= 0.6 is 0 Å². The maximum Gasteiger partial charge on any atom is 0.407 e. The van der Waals surface area contributed by atoms with Gasteiger partial charge < -0.3 is 19.5 Å². The number of hydrogen-bond donors (Lipinski definition) is 1. The summed E-state index contributed by atoms with van der Waals surface area (Å²) in [5.41, 5.74) is 6.40. The Morgan fingerprint density at radius 3 is 2.16 bits per heavy atom. The van der Waals surface area contributed by atoms with E-state index in [2.05, 4.69) is 41.4 Å². The molecule has 0 saturated carbocycles. The summed E-state index contributed by atoms with van der Waals surface area (Å²) in [6, 6.07) is 24.1. The SMILES string of the molecule is COC(OC)c1ccccc1C#CCNC(=O)OCC1c2ccccc2-c2ccccc21. The predicted octanol–water partition coefficient (Wildman–Crippen LogP) is 4.87. The van der Waals surface area contributed by atoms with Crippen LogP contribution in [0.5, 0.6) is 0 Å². The lowest BCUT2D eigenvalue weighted by Gasteiger charge is -2.15. The highest BCUT2D eigenvalue weighted by molar-refractivity contribution is 5.79. The van der Waals surface area contributed by atoms with Crippen molar-refractivity contribution >= 4 is 6.09 Å². The molecule has 0 radical (unpaired) electrons. The van der Waals surface area contributed by atoms with Gasteiger partial charge in [-0.1, -0.05) is 78.6 Å². The van der Waals surface area contributed by atoms with Crippen LogP contribution in [0, 0.1) is 11.8 Å². The molecule has 0 saturated heterocycles. The first kappa shape index (κ1) is 21.6. The maximum atomic E-state index is 12.3. The molecular formula is C27H25NO4. The summed E-state index contributed by atoms with van der Waals surface area (Å²) < 4.78 is 16.2.